The zero-order chi connectivity index (χ0) is 12.6. The van der Waals surface area contributed by atoms with Crippen molar-refractivity contribution in [2.24, 2.45) is 0 Å². The van der Waals surface area contributed by atoms with Gasteiger partial charge in [-0.15, -0.1) is 24.8 Å². The molecule has 1 aromatic rings. The van der Waals surface area contributed by atoms with Gasteiger partial charge in [-0.05, 0) is 18.6 Å². The molecule has 0 aliphatic carbocycles. The first-order chi connectivity index (χ1) is 8.86. The normalized spacial score (nSPS) is 15.9. The number of rotatable bonds is 6. The van der Waals surface area contributed by atoms with Crippen molar-refractivity contribution < 1.29 is 4.79 Å². The number of carbonyl (C=O) groups is 1. The van der Waals surface area contributed by atoms with Crippen LogP contribution in [0.25, 0.3) is 0 Å². The highest BCUT2D eigenvalue weighted by atomic mass is 35.5. The van der Waals surface area contributed by atoms with Crippen LogP contribution in [0, 0.1) is 0 Å². The van der Waals surface area contributed by atoms with Gasteiger partial charge in [-0.1, -0.05) is 12.2 Å². The number of carbonyl (C=O) groups excluding carboxylic acids is 1. The molecule has 1 atom stereocenters. The minimum atomic E-state index is -0.156. The summed E-state index contributed by atoms with van der Waals surface area (Å²) in [6, 6.07) is 3.71. The van der Waals surface area contributed by atoms with E-state index in [4.69, 9.17) is 0 Å². The molecule has 0 radical (unpaired) electrons. The summed E-state index contributed by atoms with van der Waals surface area (Å²) < 4.78 is 0. The lowest BCUT2D eigenvalue weighted by molar-refractivity contribution is -0.121. The van der Waals surface area contributed by atoms with Crippen LogP contribution in [-0.4, -0.2) is 36.6 Å². The van der Waals surface area contributed by atoms with Gasteiger partial charge in [0.2, 0.25) is 5.91 Å². The second kappa shape index (κ2) is 10.5. The molecule has 112 valence electrons. The molecule has 1 amide bonds. The molecule has 1 aliphatic rings. The third-order valence-electron chi connectivity index (χ3n) is 2.71. The van der Waals surface area contributed by atoms with Crippen molar-refractivity contribution in [2.75, 3.05) is 25.0 Å². The first-order valence-corrected chi connectivity index (χ1v) is 6.18. The predicted octanol–water partition coefficient (Wildman–Crippen LogP) is 1.37. The molecule has 2 heterocycles. The van der Waals surface area contributed by atoms with Gasteiger partial charge in [0.15, 0.2) is 0 Å². The van der Waals surface area contributed by atoms with Crippen LogP contribution in [0.2, 0.25) is 0 Å². The minimum absolute atomic E-state index is 0. The van der Waals surface area contributed by atoms with Crippen LogP contribution in [0.15, 0.2) is 36.7 Å². The van der Waals surface area contributed by atoms with Gasteiger partial charge < -0.3 is 10.6 Å². The Hall–Kier alpha value is -1.30. The highest BCUT2D eigenvalue weighted by Gasteiger charge is 2.16. The lowest BCUT2D eigenvalue weighted by atomic mass is 10.3. The molecule has 0 spiro atoms. The molecular weight excluding hydrogens is 299 g/mol. The molecule has 1 aromatic heterocycles. The average molecular weight is 319 g/mol. The molecule has 0 saturated heterocycles. The fourth-order valence-electron chi connectivity index (χ4n) is 1.76. The molecule has 1 unspecified atom stereocenters. The first-order valence-electron chi connectivity index (χ1n) is 6.18. The maximum absolute atomic E-state index is 11.6. The van der Waals surface area contributed by atoms with Gasteiger partial charge in [-0.3, -0.25) is 15.1 Å². The number of halogens is 2. The minimum Gasteiger partial charge on any atom is -0.384 e. The van der Waals surface area contributed by atoms with Crippen LogP contribution in [0.5, 0.6) is 0 Å². The number of nitrogens with one attached hydrogen (secondary N) is 3. The topological polar surface area (TPSA) is 66.0 Å². The van der Waals surface area contributed by atoms with E-state index in [1.54, 1.807) is 12.4 Å². The summed E-state index contributed by atoms with van der Waals surface area (Å²) in [4.78, 5) is 15.6. The Morgan fingerprint density at radius 3 is 2.90 bits per heavy atom. The lowest BCUT2D eigenvalue weighted by Gasteiger charge is -2.10. The number of hydrogen-bond acceptors (Lipinski definition) is 4. The molecule has 20 heavy (non-hydrogen) atoms. The molecule has 3 N–H and O–H groups in total. The van der Waals surface area contributed by atoms with Crippen LogP contribution < -0.4 is 16.0 Å². The molecule has 0 fully saturated rings. The summed E-state index contributed by atoms with van der Waals surface area (Å²) in [7, 11) is 0. The van der Waals surface area contributed by atoms with Gasteiger partial charge in [0.1, 0.15) is 6.04 Å². The zero-order valence-electron chi connectivity index (χ0n) is 11.0. The van der Waals surface area contributed by atoms with Crippen molar-refractivity contribution >= 4 is 36.4 Å². The van der Waals surface area contributed by atoms with Crippen molar-refractivity contribution in [2.45, 2.75) is 12.5 Å². The number of amides is 1. The first kappa shape index (κ1) is 18.7. The van der Waals surface area contributed by atoms with E-state index in [1.165, 1.54) is 0 Å². The molecule has 0 aromatic carbocycles. The summed E-state index contributed by atoms with van der Waals surface area (Å²) in [5.74, 6) is 0.0464. The summed E-state index contributed by atoms with van der Waals surface area (Å²) >= 11 is 0. The third kappa shape index (κ3) is 6.23. The van der Waals surface area contributed by atoms with Crippen LogP contribution >= 0.6 is 24.8 Å². The molecular formula is C13H20Cl2N4O. The highest BCUT2D eigenvalue weighted by molar-refractivity contribution is 5.85. The maximum atomic E-state index is 11.6. The van der Waals surface area contributed by atoms with Crippen LogP contribution in [0.1, 0.15) is 6.42 Å². The smallest absolute Gasteiger partial charge is 0.241 e. The largest absolute Gasteiger partial charge is 0.384 e. The van der Waals surface area contributed by atoms with Gasteiger partial charge in [0.25, 0.3) is 0 Å². The number of pyridine rings is 1. The van der Waals surface area contributed by atoms with E-state index >= 15 is 0 Å². The van der Waals surface area contributed by atoms with E-state index in [0.717, 1.165) is 25.2 Å². The van der Waals surface area contributed by atoms with E-state index < -0.39 is 0 Å². The van der Waals surface area contributed by atoms with Crippen molar-refractivity contribution in [3.8, 4) is 0 Å². The number of anilines is 1. The molecule has 7 heteroatoms. The summed E-state index contributed by atoms with van der Waals surface area (Å²) in [6.07, 6.45) is 8.27. The van der Waals surface area contributed by atoms with E-state index in [9.17, 15) is 4.79 Å². The van der Waals surface area contributed by atoms with E-state index in [0.29, 0.717) is 6.54 Å². The Balaban J connectivity index is 0.00000180. The summed E-state index contributed by atoms with van der Waals surface area (Å²) in [5, 5.41) is 9.22. The van der Waals surface area contributed by atoms with Gasteiger partial charge in [-0.25, -0.2) is 0 Å². The van der Waals surface area contributed by atoms with Gasteiger partial charge >= 0.3 is 0 Å². The van der Waals surface area contributed by atoms with E-state index in [-0.39, 0.29) is 36.8 Å². The van der Waals surface area contributed by atoms with Crippen molar-refractivity contribution in [1.82, 2.24) is 15.6 Å². The predicted molar refractivity (Wildman–Crippen MR) is 85.8 cm³/mol. The van der Waals surface area contributed by atoms with Crippen molar-refractivity contribution in [3.05, 3.63) is 36.7 Å². The molecule has 5 nitrogen and oxygen atoms in total. The van der Waals surface area contributed by atoms with E-state index in [2.05, 4.69) is 20.9 Å². The molecule has 0 saturated carbocycles. The fourth-order valence-corrected chi connectivity index (χ4v) is 1.76. The van der Waals surface area contributed by atoms with Crippen molar-refractivity contribution in [3.63, 3.8) is 0 Å². The monoisotopic (exact) mass is 318 g/mol. The van der Waals surface area contributed by atoms with Crippen LogP contribution in [0.3, 0.4) is 0 Å². The number of aromatic nitrogens is 1. The van der Waals surface area contributed by atoms with E-state index in [1.807, 2.05) is 24.3 Å². The van der Waals surface area contributed by atoms with Gasteiger partial charge in [0.05, 0.1) is 5.69 Å². The van der Waals surface area contributed by atoms with Crippen molar-refractivity contribution in [1.29, 1.82) is 0 Å². The molecule has 0 bridgehead atoms. The molecule has 2 rings (SSSR count). The Morgan fingerprint density at radius 1 is 1.40 bits per heavy atom. The molecule has 1 aliphatic heterocycles. The zero-order valence-corrected chi connectivity index (χ0v) is 12.7. The Labute approximate surface area is 131 Å². The van der Waals surface area contributed by atoms with Gasteiger partial charge in [-0.2, -0.15) is 0 Å². The maximum Gasteiger partial charge on any atom is 0.241 e. The third-order valence-corrected chi connectivity index (χ3v) is 2.71. The highest BCUT2D eigenvalue weighted by Crippen LogP contribution is 2.01. The van der Waals surface area contributed by atoms with Crippen LogP contribution in [-0.2, 0) is 4.79 Å². The lowest BCUT2D eigenvalue weighted by Crippen LogP contribution is -2.41. The summed E-state index contributed by atoms with van der Waals surface area (Å²) in [5.41, 5.74) is 1.00. The second-order valence-electron chi connectivity index (χ2n) is 4.13. The Bertz CT molecular complexity index is 414. The number of hydrogen-bond donors (Lipinski definition) is 3. The standard InChI is InChI=1S/C13H18N4O.2ClH/c18-13(12-5-2-7-16-12)17-9-3-8-15-11-4-1-6-14-10-11;;/h1-2,4-6,10,12,15-16H,3,7-9H2,(H,17,18);2*1H. The van der Waals surface area contributed by atoms with Crippen LogP contribution in [0.4, 0.5) is 5.69 Å². The van der Waals surface area contributed by atoms with Gasteiger partial charge in [0, 0.05) is 32.0 Å². The number of nitrogens with zero attached hydrogens (tertiary/aromatic N) is 1. The Kier molecular flexibility index (Phi) is 9.80. The fraction of sp³-hybridized carbons (Fsp3) is 0.385. The quantitative estimate of drug-likeness (QED) is 0.547. The average Bonchev–Trinajstić information content (AvgIpc) is 2.93. The SMILES string of the molecule is Cl.Cl.O=C(NCCCNc1cccnc1)C1C=CCN1. The second-order valence-corrected chi connectivity index (χ2v) is 4.13. The summed E-state index contributed by atoms with van der Waals surface area (Å²) in [6.45, 7) is 2.28. The Morgan fingerprint density at radius 2 is 2.25 bits per heavy atom.